The zero-order valence-electron chi connectivity index (χ0n) is 14.7. The molecule has 0 aromatic rings. The Kier molecular flexibility index (Phi) is 5.03. The highest BCUT2D eigenvalue weighted by molar-refractivity contribution is 5.03. The largest absolute Gasteiger partial charge is 0.0856 e. The molecule has 2 saturated carbocycles. The van der Waals surface area contributed by atoms with E-state index in [1.807, 2.05) is 0 Å². The van der Waals surface area contributed by atoms with Gasteiger partial charge in [-0.05, 0) is 81.0 Å². The Bertz CT molecular complexity index is 347. The van der Waals surface area contributed by atoms with Crippen molar-refractivity contribution in [3.8, 4) is 0 Å². The van der Waals surface area contributed by atoms with Crippen LogP contribution in [-0.2, 0) is 0 Å². The Balaban J connectivity index is 2.15. The molecule has 2 aliphatic rings. The molecule has 2 aliphatic carbocycles. The highest BCUT2D eigenvalue weighted by Gasteiger charge is 2.49. The van der Waals surface area contributed by atoms with Crippen molar-refractivity contribution in [3.05, 3.63) is 11.6 Å². The molecule has 2 rings (SSSR count). The van der Waals surface area contributed by atoms with Crippen LogP contribution in [0.3, 0.4) is 0 Å². The van der Waals surface area contributed by atoms with E-state index < -0.39 is 0 Å². The lowest BCUT2D eigenvalue weighted by Gasteiger charge is -2.55. The van der Waals surface area contributed by atoms with Gasteiger partial charge in [0.1, 0.15) is 0 Å². The van der Waals surface area contributed by atoms with Crippen molar-refractivity contribution in [2.45, 2.75) is 80.1 Å². The van der Waals surface area contributed by atoms with Gasteiger partial charge in [-0.15, -0.1) is 0 Å². The average molecular weight is 277 g/mol. The van der Waals surface area contributed by atoms with Crippen LogP contribution in [0.25, 0.3) is 0 Å². The fourth-order valence-corrected chi connectivity index (χ4v) is 5.15. The van der Waals surface area contributed by atoms with Crippen LogP contribution in [0.15, 0.2) is 11.6 Å². The Morgan fingerprint density at radius 1 is 1.20 bits per heavy atom. The van der Waals surface area contributed by atoms with E-state index in [0.29, 0.717) is 5.41 Å². The van der Waals surface area contributed by atoms with Gasteiger partial charge in [0.2, 0.25) is 0 Å². The molecule has 2 fully saturated rings. The minimum Gasteiger partial charge on any atom is -0.0856 e. The molecular weight excluding hydrogens is 240 g/mol. The number of fused-ring (bicyclic) bond motifs is 1. The lowest BCUT2D eigenvalue weighted by Crippen LogP contribution is -2.47. The van der Waals surface area contributed by atoms with Gasteiger partial charge in [-0.2, -0.15) is 0 Å². The van der Waals surface area contributed by atoms with E-state index >= 15 is 0 Å². The summed E-state index contributed by atoms with van der Waals surface area (Å²) in [5.41, 5.74) is 2.12. The smallest absolute Gasteiger partial charge is 0.0264 e. The van der Waals surface area contributed by atoms with Gasteiger partial charge < -0.3 is 0 Å². The molecule has 1 unspecified atom stereocenters. The van der Waals surface area contributed by atoms with E-state index in [9.17, 15) is 0 Å². The monoisotopic (exact) mass is 276 g/mol. The number of hydrogen-bond donors (Lipinski definition) is 0. The Morgan fingerprint density at radius 2 is 1.90 bits per heavy atom. The molecule has 0 aliphatic heterocycles. The van der Waals surface area contributed by atoms with Gasteiger partial charge in [-0.3, -0.25) is 0 Å². The van der Waals surface area contributed by atoms with Crippen LogP contribution in [-0.4, -0.2) is 0 Å². The molecule has 0 aromatic heterocycles. The van der Waals surface area contributed by atoms with E-state index in [4.69, 9.17) is 0 Å². The summed E-state index contributed by atoms with van der Waals surface area (Å²) in [5, 5.41) is 0. The third-order valence-corrected chi connectivity index (χ3v) is 6.80. The van der Waals surface area contributed by atoms with Crippen molar-refractivity contribution in [1.29, 1.82) is 0 Å². The minimum absolute atomic E-state index is 0.620. The van der Waals surface area contributed by atoms with Crippen LogP contribution in [0.5, 0.6) is 0 Å². The fourth-order valence-electron chi connectivity index (χ4n) is 5.15. The summed E-state index contributed by atoms with van der Waals surface area (Å²) in [6.07, 6.45) is 11.2. The molecule has 0 radical (unpaired) electrons. The zero-order chi connectivity index (χ0) is 14.9. The first-order valence-electron chi connectivity index (χ1n) is 8.98. The number of rotatable bonds is 3. The van der Waals surface area contributed by atoms with Crippen LogP contribution < -0.4 is 0 Å². The Hall–Kier alpha value is -0.260. The molecule has 0 spiro atoms. The molecule has 0 amide bonds. The molecule has 0 bridgehead atoms. The molecular formula is C20H36. The average Bonchev–Trinajstić information content (AvgIpc) is 2.37. The maximum atomic E-state index is 2.63. The first-order valence-corrected chi connectivity index (χ1v) is 8.98. The second-order valence-electron chi connectivity index (χ2n) is 8.66. The standard InChI is InChI=1S/C20H36/c1-14(2)7-9-18-10-8-16(5)19-13-17(15(3)4)11-12-20(18,19)6/h7,15-19H,8-13H2,1-6H3/t16-,17+,18?,19-,20-/m0/s1. The van der Waals surface area contributed by atoms with Gasteiger partial charge in [-0.1, -0.05) is 45.8 Å². The van der Waals surface area contributed by atoms with Crippen LogP contribution in [0, 0.1) is 35.0 Å². The van der Waals surface area contributed by atoms with Crippen LogP contribution in [0.2, 0.25) is 0 Å². The fraction of sp³-hybridized carbons (Fsp3) is 0.900. The maximum Gasteiger partial charge on any atom is -0.0264 e. The van der Waals surface area contributed by atoms with E-state index in [0.717, 1.165) is 29.6 Å². The SMILES string of the molecule is CC(C)=CCC1CC[C@H](C)[C@@H]2C[C@H](C(C)C)CC[C@@]12C. The summed E-state index contributed by atoms with van der Waals surface area (Å²) < 4.78 is 0. The highest BCUT2D eigenvalue weighted by atomic mass is 14.5. The number of hydrogen-bond acceptors (Lipinski definition) is 0. The highest BCUT2D eigenvalue weighted by Crippen LogP contribution is 2.58. The van der Waals surface area contributed by atoms with Crippen molar-refractivity contribution in [3.63, 3.8) is 0 Å². The van der Waals surface area contributed by atoms with Crippen molar-refractivity contribution < 1.29 is 0 Å². The van der Waals surface area contributed by atoms with Crippen LogP contribution >= 0.6 is 0 Å². The van der Waals surface area contributed by atoms with Crippen molar-refractivity contribution in [2.75, 3.05) is 0 Å². The normalized spacial score (nSPS) is 41.4. The second-order valence-corrected chi connectivity index (χ2v) is 8.66. The number of allylic oxidation sites excluding steroid dienone is 2. The molecule has 5 atom stereocenters. The quantitative estimate of drug-likeness (QED) is 0.518. The van der Waals surface area contributed by atoms with E-state index in [1.54, 1.807) is 0 Å². The van der Waals surface area contributed by atoms with Gasteiger partial charge in [0.15, 0.2) is 0 Å². The van der Waals surface area contributed by atoms with Gasteiger partial charge in [-0.25, -0.2) is 0 Å². The zero-order valence-corrected chi connectivity index (χ0v) is 14.7. The first-order chi connectivity index (χ1) is 9.34. The van der Waals surface area contributed by atoms with Gasteiger partial charge in [0, 0.05) is 0 Å². The van der Waals surface area contributed by atoms with Gasteiger partial charge in [0.05, 0.1) is 0 Å². The second kappa shape index (κ2) is 6.24. The summed E-state index contributed by atoms with van der Waals surface area (Å²) in [5.74, 6) is 4.73. The Morgan fingerprint density at radius 3 is 2.50 bits per heavy atom. The summed E-state index contributed by atoms with van der Waals surface area (Å²) in [7, 11) is 0. The third kappa shape index (κ3) is 3.15. The molecule has 0 heterocycles. The summed E-state index contributed by atoms with van der Waals surface area (Å²) in [6.45, 7) is 14.5. The first kappa shape index (κ1) is 16.1. The predicted molar refractivity (Wildman–Crippen MR) is 89.7 cm³/mol. The van der Waals surface area contributed by atoms with Gasteiger partial charge in [0.25, 0.3) is 0 Å². The summed E-state index contributed by atoms with van der Waals surface area (Å²) in [4.78, 5) is 0. The maximum absolute atomic E-state index is 2.63. The topological polar surface area (TPSA) is 0 Å². The molecule has 0 nitrogen and oxygen atoms in total. The van der Waals surface area contributed by atoms with E-state index in [-0.39, 0.29) is 0 Å². The molecule has 0 saturated heterocycles. The molecule has 20 heavy (non-hydrogen) atoms. The van der Waals surface area contributed by atoms with E-state index in [1.165, 1.54) is 44.1 Å². The van der Waals surface area contributed by atoms with Crippen molar-refractivity contribution in [1.82, 2.24) is 0 Å². The van der Waals surface area contributed by atoms with Crippen LogP contribution in [0.1, 0.15) is 80.1 Å². The molecule has 116 valence electrons. The lowest BCUT2D eigenvalue weighted by molar-refractivity contribution is -0.0548. The molecule has 0 N–H and O–H groups in total. The Labute approximate surface area is 127 Å². The van der Waals surface area contributed by atoms with Crippen LogP contribution in [0.4, 0.5) is 0 Å². The third-order valence-electron chi connectivity index (χ3n) is 6.80. The minimum atomic E-state index is 0.620. The molecule has 0 heteroatoms. The summed E-state index contributed by atoms with van der Waals surface area (Å²) in [6, 6.07) is 0. The van der Waals surface area contributed by atoms with Crippen molar-refractivity contribution in [2.24, 2.45) is 35.0 Å². The summed E-state index contributed by atoms with van der Waals surface area (Å²) >= 11 is 0. The van der Waals surface area contributed by atoms with E-state index in [2.05, 4.69) is 47.6 Å². The molecule has 0 aromatic carbocycles. The van der Waals surface area contributed by atoms with Gasteiger partial charge >= 0.3 is 0 Å². The van der Waals surface area contributed by atoms with Crippen molar-refractivity contribution >= 4 is 0 Å². The lowest BCUT2D eigenvalue weighted by atomic mass is 9.50. The predicted octanol–water partition coefficient (Wildman–Crippen LogP) is 6.47.